The maximum atomic E-state index is 13.9. The van der Waals surface area contributed by atoms with E-state index in [0.29, 0.717) is 17.0 Å². The molecule has 0 radical (unpaired) electrons. The number of nitrogens with zero attached hydrogens (tertiary/aromatic N) is 1. The van der Waals surface area contributed by atoms with Gasteiger partial charge in [-0.3, -0.25) is 0 Å². The molecule has 1 nitrogen and oxygen atoms in total. The largest absolute Gasteiger partial charge is 0.241 e. The molecule has 0 bridgehead atoms. The van der Waals surface area contributed by atoms with E-state index < -0.39 is 0 Å². The Kier molecular flexibility index (Phi) is 2.28. The van der Waals surface area contributed by atoms with Crippen LogP contribution in [0.1, 0.15) is 30.0 Å². The van der Waals surface area contributed by atoms with Gasteiger partial charge < -0.3 is 0 Å². The number of halogens is 1. The zero-order valence-corrected chi connectivity index (χ0v) is 9.85. The van der Waals surface area contributed by atoms with Crippen molar-refractivity contribution in [3.8, 4) is 10.6 Å². The van der Waals surface area contributed by atoms with E-state index in [2.05, 4.69) is 10.4 Å². The summed E-state index contributed by atoms with van der Waals surface area (Å²) in [7, 11) is 0. The molecule has 1 aliphatic rings. The molecule has 0 N–H and O–H groups in total. The fourth-order valence-corrected chi connectivity index (χ4v) is 2.71. The molecule has 16 heavy (non-hydrogen) atoms. The molecular formula is C13H12FNS. The van der Waals surface area contributed by atoms with Crippen molar-refractivity contribution in [1.29, 1.82) is 0 Å². The van der Waals surface area contributed by atoms with Gasteiger partial charge in [-0.1, -0.05) is 12.1 Å². The molecule has 3 heteroatoms. The second-order valence-corrected chi connectivity index (χ2v) is 5.15. The molecule has 1 aliphatic carbocycles. The minimum atomic E-state index is -0.140. The molecule has 0 amide bonds. The number of benzene rings is 1. The molecule has 1 heterocycles. The van der Waals surface area contributed by atoms with Crippen LogP contribution in [0.5, 0.6) is 0 Å². The highest BCUT2D eigenvalue weighted by Gasteiger charge is 2.26. The van der Waals surface area contributed by atoms with E-state index in [1.54, 1.807) is 30.4 Å². The number of rotatable bonds is 2. The average molecular weight is 233 g/mol. The molecule has 0 aliphatic heterocycles. The predicted molar refractivity (Wildman–Crippen MR) is 64.2 cm³/mol. The normalized spacial score (nSPS) is 15.4. The van der Waals surface area contributed by atoms with Crippen LogP contribution >= 0.6 is 11.3 Å². The summed E-state index contributed by atoms with van der Waals surface area (Å²) in [6.07, 6.45) is 2.47. The first-order valence-electron chi connectivity index (χ1n) is 5.46. The lowest BCUT2D eigenvalue weighted by Crippen LogP contribution is -1.88. The number of thiazole rings is 1. The van der Waals surface area contributed by atoms with Crippen LogP contribution < -0.4 is 0 Å². The van der Waals surface area contributed by atoms with Crippen molar-refractivity contribution in [3.05, 3.63) is 40.7 Å². The van der Waals surface area contributed by atoms with E-state index in [1.807, 2.05) is 6.07 Å². The van der Waals surface area contributed by atoms with Crippen molar-refractivity contribution < 1.29 is 4.39 Å². The van der Waals surface area contributed by atoms with Crippen molar-refractivity contribution in [2.24, 2.45) is 0 Å². The molecule has 0 unspecified atom stereocenters. The van der Waals surface area contributed by atoms with Crippen molar-refractivity contribution in [3.63, 3.8) is 0 Å². The van der Waals surface area contributed by atoms with Gasteiger partial charge in [0.25, 0.3) is 0 Å². The third kappa shape index (κ3) is 1.65. The molecule has 1 saturated carbocycles. The van der Waals surface area contributed by atoms with Crippen LogP contribution in [0.3, 0.4) is 0 Å². The van der Waals surface area contributed by atoms with Crippen molar-refractivity contribution in [2.45, 2.75) is 25.7 Å². The molecule has 0 atom stereocenters. The Balaban J connectivity index is 2.03. The van der Waals surface area contributed by atoms with E-state index in [1.165, 1.54) is 12.8 Å². The van der Waals surface area contributed by atoms with Gasteiger partial charge in [0.2, 0.25) is 0 Å². The van der Waals surface area contributed by atoms with E-state index in [0.717, 1.165) is 10.7 Å². The maximum Gasteiger partial charge on any atom is 0.136 e. The number of hydrogen-bond donors (Lipinski definition) is 0. The first-order chi connectivity index (χ1) is 7.75. The lowest BCUT2D eigenvalue weighted by molar-refractivity contribution is 0.622. The first kappa shape index (κ1) is 9.97. The molecule has 1 fully saturated rings. The SMILES string of the molecule is Cc1cccc(-c2nc(C3CC3)cs2)c1F. The van der Waals surface area contributed by atoms with Gasteiger partial charge in [-0.15, -0.1) is 11.3 Å². The molecule has 3 rings (SSSR count). The van der Waals surface area contributed by atoms with Gasteiger partial charge in [0.1, 0.15) is 10.8 Å². The van der Waals surface area contributed by atoms with Gasteiger partial charge in [0, 0.05) is 16.9 Å². The Labute approximate surface area is 98.0 Å². The number of aryl methyl sites for hydroxylation is 1. The fourth-order valence-electron chi connectivity index (χ4n) is 1.79. The van der Waals surface area contributed by atoms with Gasteiger partial charge in [0.05, 0.1) is 5.69 Å². The Bertz CT molecular complexity index is 528. The highest BCUT2D eigenvalue weighted by Crippen LogP contribution is 2.41. The van der Waals surface area contributed by atoms with Gasteiger partial charge in [0.15, 0.2) is 0 Å². The van der Waals surface area contributed by atoms with Crippen molar-refractivity contribution in [2.75, 3.05) is 0 Å². The van der Waals surface area contributed by atoms with E-state index in [4.69, 9.17) is 0 Å². The Hall–Kier alpha value is -1.22. The van der Waals surface area contributed by atoms with Crippen LogP contribution in [0.25, 0.3) is 10.6 Å². The smallest absolute Gasteiger partial charge is 0.136 e. The molecule has 0 saturated heterocycles. The third-order valence-electron chi connectivity index (χ3n) is 2.94. The van der Waals surface area contributed by atoms with Crippen molar-refractivity contribution in [1.82, 2.24) is 4.98 Å². The molecule has 1 aromatic heterocycles. The summed E-state index contributed by atoms with van der Waals surface area (Å²) in [6.45, 7) is 1.79. The zero-order valence-electron chi connectivity index (χ0n) is 9.03. The summed E-state index contributed by atoms with van der Waals surface area (Å²) >= 11 is 1.54. The van der Waals surface area contributed by atoms with Crippen LogP contribution in [-0.2, 0) is 0 Å². The lowest BCUT2D eigenvalue weighted by atomic mass is 10.1. The van der Waals surface area contributed by atoms with E-state index in [-0.39, 0.29) is 5.82 Å². The molecule has 0 spiro atoms. The van der Waals surface area contributed by atoms with Crippen molar-refractivity contribution >= 4 is 11.3 Å². The molecule has 2 aromatic rings. The van der Waals surface area contributed by atoms with Crippen LogP contribution in [0, 0.1) is 12.7 Å². The highest BCUT2D eigenvalue weighted by atomic mass is 32.1. The Morgan fingerprint density at radius 1 is 1.38 bits per heavy atom. The summed E-state index contributed by atoms with van der Waals surface area (Å²) in [5.41, 5.74) is 2.46. The standard InChI is InChI=1S/C13H12FNS/c1-8-3-2-4-10(12(8)14)13-15-11(7-16-13)9-5-6-9/h2-4,7,9H,5-6H2,1H3. The minimum Gasteiger partial charge on any atom is -0.241 e. The number of aromatic nitrogens is 1. The van der Waals surface area contributed by atoms with Crippen LogP contribution in [0.4, 0.5) is 4.39 Å². The summed E-state index contributed by atoms with van der Waals surface area (Å²) in [5, 5.41) is 2.87. The second kappa shape index (κ2) is 3.67. The number of hydrogen-bond acceptors (Lipinski definition) is 2. The van der Waals surface area contributed by atoms with Gasteiger partial charge >= 0.3 is 0 Å². The maximum absolute atomic E-state index is 13.9. The molecular weight excluding hydrogens is 221 g/mol. The fraction of sp³-hybridized carbons (Fsp3) is 0.308. The van der Waals surface area contributed by atoms with Crippen LogP contribution in [0.15, 0.2) is 23.6 Å². The van der Waals surface area contributed by atoms with Gasteiger partial charge in [-0.2, -0.15) is 0 Å². The highest BCUT2D eigenvalue weighted by molar-refractivity contribution is 7.13. The summed E-state index contributed by atoms with van der Waals surface area (Å²) in [4.78, 5) is 4.52. The van der Waals surface area contributed by atoms with E-state index in [9.17, 15) is 4.39 Å². The molecule has 1 aromatic carbocycles. The third-order valence-corrected chi connectivity index (χ3v) is 3.83. The average Bonchev–Trinajstić information content (AvgIpc) is 3.02. The summed E-state index contributed by atoms with van der Waals surface area (Å²) in [6, 6.07) is 5.47. The monoisotopic (exact) mass is 233 g/mol. The Morgan fingerprint density at radius 3 is 2.94 bits per heavy atom. The minimum absolute atomic E-state index is 0.140. The predicted octanol–water partition coefficient (Wildman–Crippen LogP) is 4.14. The lowest BCUT2D eigenvalue weighted by Gasteiger charge is -2.01. The van der Waals surface area contributed by atoms with Gasteiger partial charge in [-0.05, 0) is 31.4 Å². The zero-order chi connectivity index (χ0) is 11.1. The second-order valence-electron chi connectivity index (χ2n) is 4.29. The summed E-state index contributed by atoms with van der Waals surface area (Å²) in [5.74, 6) is 0.497. The Morgan fingerprint density at radius 2 is 2.19 bits per heavy atom. The summed E-state index contributed by atoms with van der Waals surface area (Å²) < 4.78 is 13.9. The first-order valence-corrected chi connectivity index (χ1v) is 6.34. The van der Waals surface area contributed by atoms with Crippen LogP contribution in [0.2, 0.25) is 0 Å². The van der Waals surface area contributed by atoms with Crippen LogP contribution in [-0.4, -0.2) is 4.98 Å². The molecule has 82 valence electrons. The quantitative estimate of drug-likeness (QED) is 0.759. The van der Waals surface area contributed by atoms with E-state index >= 15 is 0 Å². The topological polar surface area (TPSA) is 12.9 Å². The van der Waals surface area contributed by atoms with Gasteiger partial charge in [-0.25, -0.2) is 9.37 Å².